The van der Waals surface area contributed by atoms with Gasteiger partial charge in [-0.15, -0.1) is 0 Å². The predicted octanol–water partition coefficient (Wildman–Crippen LogP) is 1.82. The molecule has 82 valence electrons. The van der Waals surface area contributed by atoms with Gasteiger partial charge in [0.1, 0.15) is 0 Å². The molecule has 16 heavy (non-hydrogen) atoms. The number of benzene rings is 1. The van der Waals surface area contributed by atoms with Gasteiger partial charge in [-0.05, 0) is 24.3 Å². The summed E-state index contributed by atoms with van der Waals surface area (Å²) in [5, 5.41) is 12.2. The molecule has 0 radical (unpaired) electrons. The molecule has 4 nitrogen and oxygen atoms in total. The molecule has 1 aliphatic heterocycles. The number of carbonyl (C=O) groups excluding carboxylic acids is 1. The number of hydrogen-bond donors (Lipinski definition) is 1. The number of hydrogen-bond acceptors (Lipinski definition) is 3. The van der Waals surface area contributed by atoms with Crippen LogP contribution >= 0.6 is 11.6 Å². The zero-order valence-corrected chi connectivity index (χ0v) is 9.12. The van der Waals surface area contributed by atoms with Gasteiger partial charge in [0.05, 0.1) is 19.3 Å². The van der Waals surface area contributed by atoms with Crippen LogP contribution in [0.5, 0.6) is 0 Å². The number of amides is 1. The Labute approximate surface area is 97.8 Å². The number of rotatable bonds is 2. The topological polar surface area (TPSA) is 62.1 Å². The molecule has 1 heterocycles. The summed E-state index contributed by atoms with van der Waals surface area (Å²) >= 11 is 5.72. The maximum atomic E-state index is 11.8. The minimum atomic E-state index is -1.03. The molecule has 0 atom stereocenters. The summed E-state index contributed by atoms with van der Waals surface area (Å²) in [6.07, 6.45) is 0. The van der Waals surface area contributed by atoms with E-state index in [-0.39, 0.29) is 19.1 Å². The predicted molar refractivity (Wildman–Crippen MR) is 58.9 cm³/mol. The molecule has 0 unspecified atom stereocenters. The van der Waals surface area contributed by atoms with Crippen molar-refractivity contribution in [3.63, 3.8) is 0 Å². The number of nitrogens with one attached hydrogen (secondary N) is 1. The Morgan fingerprint density at radius 1 is 1.44 bits per heavy atom. The number of halogens is 1. The van der Waals surface area contributed by atoms with Crippen molar-refractivity contribution >= 4 is 23.2 Å². The lowest BCUT2D eigenvalue weighted by atomic mass is 9.87. The average molecular weight is 237 g/mol. The second-order valence-electron chi connectivity index (χ2n) is 3.65. The Kier molecular flexibility index (Phi) is 2.82. The van der Waals surface area contributed by atoms with Crippen molar-refractivity contribution in [1.82, 2.24) is 0 Å². The summed E-state index contributed by atoms with van der Waals surface area (Å²) in [7, 11) is 0. The third kappa shape index (κ3) is 1.87. The summed E-state index contributed by atoms with van der Waals surface area (Å²) in [5.74, 6) is -0.330. The Balaban J connectivity index is 2.08. The Hall–Kier alpha value is -1.57. The van der Waals surface area contributed by atoms with Gasteiger partial charge in [-0.1, -0.05) is 11.6 Å². The molecule has 0 saturated carbocycles. The third-order valence-corrected chi connectivity index (χ3v) is 2.70. The van der Waals surface area contributed by atoms with Crippen molar-refractivity contribution < 1.29 is 9.53 Å². The van der Waals surface area contributed by atoms with Crippen molar-refractivity contribution in [2.24, 2.45) is 5.41 Å². The van der Waals surface area contributed by atoms with Gasteiger partial charge in [-0.25, -0.2) is 0 Å². The fourth-order valence-electron chi connectivity index (χ4n) is 1.34. The minimum absolute atomic E-state index is 0.156. The molecule has 1 aliphatic rings. The summed E-state index contributed by atoms with van der Waals surface area (Å²) in [4.78, 5) is 11.8. The van der Waals surface area contributed by atoms with Crippen LogP contribution in [-0.2, 0) is 9.53 Å². The van der Waals surface area contributed by atoms with Crippen molar-refractivity contribution in [2.45, 2.75) is 0 Å². The fraction of sp³-hybridized carbons (Fsp3) is 0.273. The molecule has 1 aromatic rings. The molecule has 1 saturated heterocycles. The van der Waals surface area contributed by atoms with Gasteiger partial charge in [-0.2, -0.15) is 5.26 Å². The first-order chi connectivity index (χ1) is 7.66. The average Bonchev–Trinajstić information content (AvgIpc) is 2.21. The highest BCUT2D eigenvalue weighted by Crippen LogP contribution is 2.28. The van der Waals surface area contributed by atoms with E-state index in [1.165, 1.54) is 0 Å². The van der Waals surface area contributed by atoms with Gasteiger partial charge in [0.25, 0.3) is 0 Å². The molecule has 1 aromatic carbocycles. The van der Waals surface area contributed by atoms with Crippen LogP contribution in [0.1, 0.15) is 0 Å². The van der Waals surface area contributed by atoms with Crippen LogP contribution < -0.4 is 5.32 Å². The lowest BCUT2D eigenvalue weighted by Crippen LogP contribution is -2.50. The number of anilines is 1. The second kappa shape index (κ2) is 4.12. The molecular formula is C11H9ClN2O2. The monoisotopic (exact) mass is 236 g/mol. The highest BCUT2D eigenvalue weighted by Gasteiger charge is 2.46. The first-order valence-corrected chi connectivity index (χ1v) is 5.10. The van der Waals surface area contributed by atoms with Crippen LogP contribution in [-0.4, -0.2) is 19.1 Å². The number of nitrogens with zero attached hydrogens (tertiary/aromatic N) is 1. The van der Waals surface area contributed by atoms with E-state index in [4.69, 9.17) is 21.6 Å². The van der Waals surface area contributed by atoms with Gasteiger partial charge >= 0.3 is 0 Å². The van der Waals surface area contributed by atoms with E-state index in [2.05, 4.69) is 5.32 Å². The molecule has 5 heteroatoms. The highest BCUT2D eigenvalue weighted by molar-refractivity contribution is 6.30. The largest absolute Gasteiger partial charge is 0.377 e. The van der Waals surface area contributed by atoms with Crippen molar-refractivity contribution in [2.75, 3.05) is 18.5 Å². The van der Waals surface area contributed by atoms with Gasteiger partial charge < -0.3 is 10.1 Å². The summed E-state index contributed by atoms with van der Waals surface area (Å²) < 4.78 is 4.90. The minimum Gasteiger partial charge on any atom is -0.377 e. The molecule has 1 amide bonds. The van der Waals surface area contributed by atoms with Gasteiger partial charge in [0, 0.05) is 10.7 Å². The molecular weight excluding hydrogens is 228 g/mol. The second-order valence-corrected chi connectivity index (χ2v) is 4.08. The zero-order chi connectivity index (χ0) is 11.6. The fourth-order valence-corrected chi connectivity index (χ4v) is 1.46. The smallest absolute Gasteiger partial charge is 0.249 e. The standard InChI is InChI=1S/C11H9ClN2O2/c12-8-1-3-9(4-2-8)14-10(15)11(5-13)6-16-7-11/h1-4H,6-7H2,(H,14,15). The van der Waals surface area contributed by atoms with Crippen LogP contribution in [0.15, 0.2) is 24.3 Å². The number of nitriles is 1. The first kappa shape index (κ1) is 10.9. The highest BCUT2D eigenvalue weighted by atomic mass is 35.5. The van der Waals surface area contributed by atoms with Crippen molar-refractivity contribution in [1.29, 1.82) is 5.26 Å². The van der Waals surface area contributed by atoms with Crippen molar-refractivity contribution in [3.05, 3.63) is 29.3 Å². The molecule has 1 fully saturated rings. The van der Waals surface area contributed by atoms with Crippen LogP contribution in [0, 0.1) is 16.7 Å². The van der Waals surface area contributed by atoms with E-state index >= 15 is 0 Å². The van der Waals surface area contributed by atoms with E-state index in [0.717, 1.165) is 0 Å². The summed E-state index contributed by atoms with van der Waals surface area (Å²) in [5.41, 5.74) is -0.407. The van der Waals surface area contributed by atoms with Crippen LogP contribution in [0.4, 0.5) is 5.69 Å². The summed E-state index contributed by atoms with van der Waals surface area (Å²) in [6.45, 7) is 0.311. The van der Waals surface area contributed by atoms with Crippen LogP contribution in [0.3, 0.4) is 0 Å². The summed E-state index contributed by atoms with van der Waals surface area (Å²) in [6, 6.07) is 8.70. The first-order valence-electron chi connectivity index (χ1n) is 4.72. The number of carbonyl (C=O) groups is 1. The molecule has 1 N–H and O–H groups in total. The van der Waals surface area contributed by atoms with E-state index in [9.17, 15) is 4.79 Å². The Morgan fingerprint density at radius 2 is 2.06 bits per heavy atom. The van der Waals surface area contributed by atoms with E-state index in [0.29, 0.717) is 10.7 Å². The van der Waals surface area contributed by atoms with E-state index in [1.807, 2.05) is 6.07 Å². The maximum absolute atomic E-state index is 11.8. The Bertz CT molecular complexity index is 446. The van der Waals surface area contributed by atoms with Gasteiger partial charge in [-0.3, -0.25) is 4.79 Å². The lowest BCUT2D eigenvalue weighted by molar-refractivity contribution is -0.144. The molecule has 2 rings (SSSR count). The van der Waals surface area contributed by atoms with Gasteiger partial charge in [0.2, 0.25) is 5.91 Å². The molecule has 0 aromatic heterocycles. The zero-order valence-electron chi connectivity index (χ0n) is 8.37. The van der Waals surface area contributed by atoms with Crippen LogP contribution in [0.2, 0.25) is 5.02 Å². The SMILES string of the molecule is N#CC1(C(=O)Nc2ccc(Cl)cc2)COC1. The molecule has 0 bridgehead atoms. The normalized spacial score (nSPS) is 17.0. The van der Waals surface area contributed by atoms with Crippen molar-refractivity contribution in [3.8, 4) is 6.07 Å². The van der Waals surface area contributed by atoms with E-state index in [1.54, 1.807) is 24.3 Å². The lowest BCUT2D eigenvalue weighted by Gasteiger charge is -2.33. The third-order valence-electron chi connectivity index (χ3n) is 2.45. The maximum Gasteiger partial charge on any atom is 0.249 e. The molecule has 0 spiro atoms. The quantitative estimate of drug-likeness (QED) is 0.852. The number of ether oxygens (including phenoxy) is 1. The Morgan fingerprint density at radius 3 is 2.50 bits per heavy atom. The molecule has 0 aliphatic carbocycles. The van der Waals surface area contributed by atoms with Crippen LogP contribution in [0.25, 0.3) is 0 Å². The van der Waals surface area contributed by atoms with E-state index < -0.39 is 5.41 Å². The van der Waals surface area contributed by atoms with Gasteiger partial charge in [0.15, 0.2) is 5.41 Å².